The fourth-order valence-electron chi connectivity index (χ4n) is 1.57. The van der Waals surface area contributed by atoms with Gasteiger partial charge in [-0.2, -0.15) is 0 Å². The van der Waals surface area contributed by atoms with Gasteiger partial charge in [-0.15, -0.1) is 6.42 Å². The van der Waals surface area contributed by atoms with Gasteiger partial charge in [0.2, 0.25) is 0 Å². The van der Waals surface area contributed by atoms with Gasteiger partial charge in [0.05, 0.1) is 0 Å². The molecule has 0 unspecified atom stereocenters. The van der Waals surface area contributed by atoms with E-state index in [0.29, 0.717) is 18.0 Å². The smallest absolute Gasteiger partial charge is 0.298 e. The summed E-state index contributed by atoms with van der Waals surface area (Å²) in [4.78, 5) is 10.4. The lowest BCUT2D eigenvalue weighted by Crippen LogP contribution is -1.98. The van der Waals surface area contributed by atoms with Gasteiger partial charge < -0.3 is 9.47 Å². The molecule has 0 radical (unpaired) electrons. The third kappa shape index (κ3) is 2.37. The monoisotopic (exact) mass is 226 g/mol. The number of hydrogen-bond donors (Lipinski definition) is 0. The van der Waals surface area contributed by atoms with E-state index in [1.54, 1.807) is 12.1 Å². The lowest BCUT2D eigenvalue weighted by Gasteiger charge is -2.09. The molecule has 0 aliphatic heterocycles. The van der Waals surface area contributed by atoms with E-state index in [1.807, 2.05) is 24.3 Å². The maximum Gasteiger partial charge on any atom is 0.298 e. The number of carbonyl (C=O) groups excluding carboxylic acids is 1. The molecule has 17 heavy (non-hydrogen) atoms. The first-order chi connectivity index (χ1) is 8.35. The summed E-state index contributed by atoms with van der Waals surface area (Å²) in [5, 5.41) is 1.97. The summed E-state index contributed by atoms with van der Waals surface area (Å²) in [7, 11) is 0. The van der Waals surface area contributed by atoms with Gasteiger partial charge in [0.15, 0.2) is 11.5 Å². The van der Waals surface area contributed by atoms with E-state index in [2.05, 4.69) is 5.92 Å². The summed E-state index contributed by atoms with van der Waals surface area (Å²) in [5.74, 6) is 3.20. The van der Waals surface area contributed by atoms with Crippen molar-refractivity contribution < 1.29 is 14.3 Å². The molecule has 3 nitrogen and oxygen atoms in total. The summed E-state index contributed by atoms with van der Waals surface area (Å²) in [6.07, 6.45) is 5.13. The Balaban J connectivity index is 2.50. The predicted molar refractivity (Wildman–Crippen MR) is 65.0 cm³/mol. The molecule has 0 aromatic heterocycles. The molecule has 0 aliphatic carbocycles. The van der Waals surface area contributed by atoms with Gasteiger partial charge in [-0.1, -0.05) is 30.2 Å². The Kier molecular flexibility index (Phi) is 3.27. The third-order valence-electron chi connectivity index (χ3n) is 2.30. The molecule has 0 aliphatic rings. The van der Waals surface area contributed by atoms with Crippen molar-refractivity contribution in [1.29, 1.82) is 0 Å². The van der Waals surface area contributed by atoms with Crippen LogP contribution in [0.3, 0.4) is 0 Å². The van der Waals surface area contributed by atoms with Crippen molar-refractivity contribution in [1.82, 2.24) is 0 Å². The van der Waals surface area contributed by atoms with Crippen molar-refractivity contribution in [2.24, 2.45) is 0 Å². The molecule has 0 bridgehead atoms. The molecule has 0 heterocycles. The van der Waals surface area contributed by atoms with Crippen LogP contribution in [-0.4, -0.2) is 13.1 Å². The van der Waals surface area contributed by atoms with Crippen molar-refractivity contribution >= 4 is 17.2 Å². The van der Waals surface area contributed by atoms with E-state index in [0.717, 1.165) is 10.8 Å². The highest BCUT2D eigenvalue weighted by Gasteiger charge is 2.07. The lowest BCUT2D eigenvalue weighted by molar-refractivity contribution is -0.120. The van der Waals surface area contributed by atoms with Crippen LogP contribution in [0.4, 0.5) is 0 Å². The van der Waals surface area contributed by atoms with E-state index in [4.69, 9.17) is 15.9 Å². The summed E-state index contributed by atoms with van der Waals surface area (Å²) >= 11 is 0. The van der Waals surface area contributed by atoms with Crippen LogP contribution in [-0.2, 0) is 4.79 Å². The van der Waals surface area contributed by atoms with Crippen molar-refractivity contribution in [3.05, 3.63) is 36.4 Å². The van der Waals surface area contributed by atoms with Crippen LogP contribution < -0.4 is 9.47 Å². The van der Waals surface area contributed by atoms with E-state index in [-0.39, 0.29) is 6.61 Å². The zero-order chi connectivity index (χ0) is 12.1. The topological polar surface area (TPSA) is 35.5 Å². The van der Waals surface area contributed by atoms with Crippen LogP contribution in [0.15, 0.2) is 36.4 Å². The van der Waals surface area contributed by atoms with Crippen LogP contribution in [0.25, 0.3) is 10.8 Å². The molecule has 0 fully saturated rings. The standard InChI is InChI=1S/C14H10O3/c1-2-7-16-13-8-11-5-3-4-6-12(11)9-14(13)17-10-15/h1,3-6,8-10H,7H2. The minimum absolute atomic E-state index is 0.132. The van der Waals surface area contributed by atoms with Crippen LogP contribution >= 0.6 is 0 Å². The molecule has 0 atom stereocenters. The second-order valence-corrected chi connectivity index (χ2v) is 3.35. The molecule has 3 heteroatoms. The normalized spacial score (nSPS) is 9.59. The predicted octanol–water partition coefficient (Wildman–Crippen LogP) is 2.39. The Labute approximate surface area is 99.0 Å². The van der Waals surface area contributed by atoms with Crippen molar-refractivity contribution in [2.75, 3.05) is 6.61 Å². The van der Waals surface area contributed by atoms with Crippen molar-refractivity contribution in [3.63, 3.8) is 0 Å². The number of hydrogen-bond acceptors (Lipinski definition) is 3. The molecule has 0 saturated carbocycles. The molecule has 2 aromatic carbocycles. The van der Waals surface area contributed by atoms with Gasteiger partial charge >= 0.3 is 0 Å². The summed E-state index contributed by atoms with van der Waals surface area (Å²) in [6, 6.07) is 11.3. The van der Waals surface area contributed by atoms with Gasteiger partial charge in [-0.25, -0.2) is 0 Å². The zero-order valence-corrected chi connectivity index (χ0v) is 9.05. The number of terminal acetylenes is 1. The highest BCUT2D eigenvalue weighted by molar-refractivity contribution is 5.86. The van der Waals surface area contributed by atoms with Gasteiger partial charge in [0.1, 0.15) is 6.61 Å². The number of benzene rings is 2. The van der Waals surface area contributed by atoms with E-state index in [9.17, 15) is 4.79 Å². The Morgan fingerprint density at radius 2 is 1.82 bits per heavy atom. The Hall–Kier alpha value is -2.47. The highest BCUT2D eigenvalue weighted by atomic mass is 16.5. The summed E-state index contributed by atoms with van der Waals surface area (Å²) < 4.78 is 10.2. The quantitative estimate of drug-likeness (QED) is 0.593. The van der Waals surface area contributed by atoms with Crippen LogP contribution in [0.5, 0.6) is 11.5 Å². The molecule has 2 rings (SSSR count). The number of fused-ring (bicyclic) bond motifs is 1. The minimum Gasteiger partial charge on any atom is -0.477 e. The average Bonchev–Trinajstić information content (AvgIpc) is 2.36. The maximum atomic E-state index is 10.4. The molecule has 2 aromatic rings. The first kappa shape index (κ1) is 11.0. The SMILES string of the molecule is C#CCOc1cc2ccccc2cc1OC=O. The molecule has 84 valence electrons. The minimum atomic E-state index is 0.132. The average molecular weight is 226 g/mol. The fourth-order valence-corrected chi connectivity index (χ4v) is 1.57. The first-order valence-electron chi connectivity index (χ1n) is 5.04. The van der Waals surface area contributed by atoms with Crippen LogP contribution in [0.1, 0.15) is 0 Å². The van der Waals surface area contributed by atoms with Crippen LogP contribution in [0.2, 0.25) is 0 Å². The second kappa shape index (κ2) is 5.04. The maximum absolute atomic E-state index is 10.4. The largest absolute Gasteiger partial charge is 0.477 e. The Bertz CT molecular complexity index is 582. The second-order valence-electron chi connectivity index (χ2n) is 3.35. The van der Waals surface area contributed by atoms with Crippen molar-refractivity contribution in [2.45, 2.75) is 0 Å². The fraction of sp³-hybridized carbons (Fsp3) is 0.0714. The van der Waals surface area contributed by atoms with Gasteiger partial charge in [0, 0.05) is 0 Å². The molecule has 0 N–H and O–H groups in total. The summed E-state index contributed by atoms with van der Waals surface area (Å²) in [6.45, 7) is 0.500. The molecule has 0 saturated heterocycles. The third-order valence-corrected chi connectivity index (χ3v) is 2.30. The molecule has 0 spiro atoms. The van der Waals surface area contributed by atoms with E-state index >= 15 is 0 Å². The lowest BCUT2D eigenvalue weighted by atomic mass is 10.1. The number of ether oxygens (including phenoxy) is 2. The Morgan fingerprint density at radius 3 is 2.41 bits per heavy atom. The molecule has 0 amide bonds. The molecular weight excluding hydrogens is 216 g/mol. The number of rotatable bonds is 4. The molecular formula is C14H10O3. The number of carbonyl (C=O) groups is 1. The Morgan fingerprint density at radius 1 is 1.18 bits per heavy atom. The van der Waals surface area contributed by atoms with E-state index < -0.39 is 0 Å². The summed E-state index contributed by atoms with van der Waals surface area (Å²) in [5.41, 5.74) is 0. The van der Waals surface area contributed by atoms with Gasteiger partial charge in [-0.3, -0.25) is 4.79 Å². The van der Waals surface area contributed by atoms with Crippen molar-refractivity contribution in [3.8, 4) is 23.8 Å². The van der Waals surface area contributed by atoms with E-state index in [1.165, 1.54) is 0 Å². The highest BCUT2D eigenvalue weighted by Crippen LogP contribution is 2.32. The van der Waals surface area contributed by atoms with Crippen LogP contribution in [0, 0.1) is 12.3 Å². The zero-order valence-electron chi connectivity index (χ0n) is 9.05. The first-order valence-corrected chi connectivity index (χ1v) is 5.04. The van der Waals surface area contributed by atoms with Gasteiger partial charge in [0.25, 0.3) is 6.47 Å². The van der Waals surface area contributed by atoms with Gasteiger partial charge in [-0.05, 0) is 22.9 Å².